The minimum Gasteiger partial charge on any atom is -0.309 e. The van der Waals surface area contributed by atoms with Gasteiger partial charge in [-0.3, -0.25) is 0 Å². The topological polar surface area (TPSA) is 4.93 Å². The molecule has 0 aliphatic heterocycles. The number of fused-ring (bicyclic) bond motifs is 1. The van der Waals surface area contributed by atoms with Gasteiger partial charge in [0.15, 0.2) is 0 Å². The van der Waals surface area contributed by atoms with Crippen LogP contribution in [0.4, 0.5) is 0 Å². The molecule has 1 nitrogen and oxygen atoms in total. The third kappa shape index (κ3) is 3.35. The number of rotatable bonds is 6. The second-order valence-electron chi connectivity index (χ2n) is 5.07. The maximum atomic E-state index is 3.85. The molecule has 1 heteroatoms. The van der Waals surface area contributed by atoms with Crippen LogP contribution in [0, 0.1) is 0 Å². The van der Waals surface area contributed by atoms with Gasteiger partial charge in [0.25, 0.3) is 0 Å². The lowest BCUT2D eigenvalue weighted by molar-refractivity contribution is 1.15. The maximum Gasteiger partial charge on any atom is 0.0541 e. The Kier molecular flexibility index (Phi) is 5.76. The summed E-state index contributed by atoms with van der Waals surface area (Å²) < 4.78 is 2.26. The van der Waals surface area contributed by atoms with Gasteiger partial charge in [0.2, 0.25) is 0 Å². The van der Waals surface area contributed by atoms with Crippen LogP contribution in [0.1, 0.15) is 25.1 Å². The highest BCUT2D eigenvalue weighted by atomic mass is 15.0. The average molecular weight is 301 g/mol. The quantitative estimate of drug-likeness (QED) is 0.538. The Hall–Kier alpha value is -2.80. The van der Waals surface area contributed by atoms with Crippen molar-refractivity contribution in [2.75, 3.05) is 0 Å². The first kappa shape index (κ1) is 16.6. The smallest absolute Gasteiger partial charge is 0.0541 e. The number of benzene rings is 1. The van der Waals surface area contributed by atoms with E-state index in [4.69, 9.17) is 0 Å². The Labute approximate surface area is 139 Å². The molecular weight excluding hydrogens is 278 g/mol. The fraction of sp³-hybridized carbons (Fsp3) is 0.0909. The molecule has 0 saturated heterocycles. The van der Waals surface area contributed by atoms with Gasteiger partial charge in [-0.25, -0.2) is 0 Å². The van der Waals surface area contributed by atoms with E-state index in [0.29, 0.717) is 0 Å². The Bertz CT molecular complexity index is 823. The summed E-state index contributed by atoms with van der Waals surface area (Å²) in [7, 11) is 0. The number of aromatic nitrogens is 1. The first-order chi connectivity index (χ1) is 11.3. The number of nitrogens with zero attached hydrogens (tertiary/aromatic N) is 1. The highest BCUT2D eigenvalue weighted by molar-refractivity contribution is 5.97. The zero-order chi connectivity index (χ0) is 16.7. The molecule has 0 radical (unpaired) electrons. The van der Waals surface area contributed by atoms with Gasteiger partial charge in [0, 0.05) is 16.6 Å². The van der Waals surface area contributed by atoms with E-state index in [0.717, 1.165) is 11.4 Å². The van der Waals surface area contributed by atoms with Gasteiger partial charge >= 0.3 is 0 Å². The van der Waals surface area contributed by atoms with Crippen molar-refractivity contribution in [3.05, 3.63) is 91.2 Å². The van der Waals surface area contributed by atoms with E-state index in [9.17, 15) is 0 Å². The monoisotopic (exact) mass is 301 g/mol. The van der Waals surface area contributed by atoms with Crippen molar-refractivity contribution in [1.82, 2.24) is 4.57 Å². The molecule has 0 fully saturated rings. The molecule has 116 valence electrons. The van der Waals surface area contributed by atoms with Crippen molar-refractivity contribution < 1.29 is 0 Å². The van der Waals surface area contributed by atoms with Crippen molar-refractivity contribution in [3.63, 3.8) is 0 Å². The standard InChI is InChI=1S/C22H23N/c1-5-9-15-18(12-6-2)23-21(14-8-4)19(13-7-3)20-16-10-11-17-22(20)23/h5-17H,1-2H2,3-4H3/b13-7-,14-8-,15-9-,18-12+. The minimum absolute atomic E-state index is 1.06. The van der Waals surface area contributed by atoms with Gasteiger partial charge in [-0.15, -0.1) is 0 Å². The molecule has 23 heavy (non-hydrogen) atoms. The van der Waals surface area contributed by atoms with Crippen molar-refractivity contribution in [2.24, 2.45) is 0 Å². The van der Waals surface area contributed by atoms with Crippen LogP contribution in [0.15, 0.2) is 80.0 Å². The molecule has 0 aliphatic carbocycles. The summed E-state index contributed by atoms with van der Waals surface area (Å²) in [4.78, 5) is 0. The molecule has 2 rings (SSSR count). The summed E-state index contributed by atoms with van der Waals surface area (Å²) in [5.74, 6) is 0. The maximum absolute atomic E-state index is 3.85. The normalized spacial score (nSPS) is 12.9. The van der Waals surface area contributed by atoms with E-state index >= 15 is 0 Å². The molecule has 0 atom stereocenters. The second-order valence-corrected chi connectivity index (χ2v) is 5.07. The molecule has 0 aliphatic rings. The summed E-state index contributed by atoms with van der Waals surface area (Å²) in [5.41, 5.74) is 4.62. The second kappa shape index (κ2) is 8.00. The molecule has 0 unspecified atom stereocenters. The third-order valence-electron chi connectivity index (χ3n) is 3.56. The van der Waals surface area contributed by atoms with Gasteiger partial charge in [-0.2, -0.15) is 0 Å². The van der Waals surface area contributed by atoms with Crippen molar-refractivity contribution in [2.45, 2.75) is 13.8 Å². The number of hydrogen-bond donors (Lipinski definition) is 0. The summed E-state index contributed by atoms with van der Waals surface area (Å²) in [6.07, 6.45) is 18.1. The summed E-state index contributed by atoms with van der Waals surface area (Å²) >= 11 is 0. The van der Waals surface area contributed by atoms with Crippen LogP contribution in [-0.4, -0.2) is 4.57 Å². The number of allylic oxidation sites excluding steroid dienone is 8. The van der Waals surface area contributed by atoms with Crippen molar-refractivity contribution >= 4 is 28.8 Å². The van der Waals surface area contributed by atoms with Crippen LogP contribution in [0.5, 0.6) is 0 Å². The lowest BCUT2D eigenvalue weighted by atomic mass is 10.1. The lowest BCUT2D eigenvalue weighted by Crippen LogP contribution is -1.97. The molecule has 1 aromatic carbocycles. The van der Waals surface area contributed by atoms with E-state index in [1.807, 2.05) is 38.2 Å². The minimum atomic E-state index is 1.06. The van der Waals surface area contributed by atoms with Crippen LogP contribution >= 0.6 is 0 Å². The Morgan fingerprint density at radius 3 is 2.39 bits per heavy atom. The van der Waals surface area contributed by atoms with Crippen LogP contribution < -0.4 is 0 Å². The predicted molar refractivity (Wildman–Crippen MR) is 105 cm³/mol. The largest absolute Gasteiger partial charge is 0.309 e. The lowest BCUT2D eigenvalue weighted by Gasteiger charge is -2.10. The molecule has 1 heterocycles. The molecule has 1 aromatic heterocycles. The molecular formula is C22H23N. The molecule has 0 N–H and O–H groups in total. The Balaban J connectivity index is 2.92. The van der Waals surface area contributed by atoms with E-state index in [2.05, 4.69) is 66.3 Å². The van der Waals surface area contributed by atoms with Crippen molar-refractivity contribution in [3.8, 4) is 0 Å². The highest BCUT2D eigenvalue weighted by Crippen LogP contribution is 2.32. The first-order valence-corrected chi connectivity index (χ1v) is 7.79. The van der Waals surface area contributed by atoms with E-state index in [1.165, 1.54) is 16.5 Å². The van der Waals surface area contributed by atoms with Gasteiger partial charge < -0.3 is 4.57 Å². The molecule has 2 aromatic rings. The Morgan fingerprint density at radius 2 is 1.74 bits per heavy atom. The number of para-hydroxylation sites is 1. The third-order valence-corrected chi connectivity index (χ3v) is 3.56. The zero-order valence-electron chi connectivity index (χ0n) is 13.9. The molecule has 0 bridgehead atoms. The zero-order valence-corrected chi connectivity index (χ0v) is 13.9. The van der Waals surface area contributed by atoms with Gasteiger partial charge in [0.1, 0.15) is 0 Å². The van der Waals surface area contributed by atoms with Crippen LogP contribution in [0.3, 0.4) is 0 Å². The first-order valence-electron chi connectivity index (χ1n) is 7.79. The highest BCUT2D eigenvalue weighted by Gasteiger charge is 2.14. The van der Waals surface area contributed by atoms with Gasteiger partial charge in [0.05, 0.1) is 11.2 Å². The number of hydrogen-bond acceptors (Lipinski definition) is 0. The average Bonchev–Trinajstić information content (AvgIpc) is 2.86. The molecule has 0 saturated carbocycles. The Morgan fingerprint density at radius 1 is 1.00 bits per heavy atom. The van der Waals surface area contributed by atoms with Crippen LogP contribution in [0.2, 0.25) is 0 Å². The summed E-state index contributed by atoms with van der Waals surface area (Å²) in [5, 5.41) is 1.24. The summed E-state index contributed by atoms with van der Waals surface area (Å²) in [6, 6.07) is 8.46. The fourth-order valence-corrected chi connectivity index (χ4v) is 2.72. The van der Waals surface area contributed by atoms with E-state index < -0.39 is 0 Å². The van der Waals surface area contributed by atoms with Crippen molar-refractivity contribution in [1.29, 1.82) is 0 Å². The van der Waals surface area contributed by atoms with E-state index in [-0.39, 0.29) is 0 Å². The SMILES string of the molecule is C=C/C=C\C(=C/C=C)n1c(/C=C\C)c(/C=C\C)c2ccccc21. The summed E-state index contributed by atoms with van der Waals surface area (Å²) in [6.45, 7) is 11.7. The van der Waals surface area contributed by atoms with E-state index in [1.54, 1.807) is 6.08 Å². The fourth-order valence-electron chi connectivity index (χ4n) is 2.72. The van der Waals surface area contributed by atoms with Crippen LogP contribution in [-0.2, 0) is 0 Å². The van der Waals surface area contributed by atoms with Gasteiger partial charge in [-0.1, -0.05) is 67.8 Å². The van der Waals surface area contributed by atoms with Crippen LogP contribution in [0.25, 0.3) is 28.8 Å². The predicted octanol–water partition coefficient (Wildman–Crippen LogP) is 6.48. The molecule has 0 amide bonds. The van der Waals surface area contributed by atoms with Gasteiger partial charge in [-0.05, 0) is 38.1 Å². The molecule has 0 spiro atoms.